The van der Waals surface area contributed by atoms with Crippen LogP contribution in [-0.4, -0.2) is 36.2 Å². The quantitative estimate of drug-likeness (QED) is 0.698. The molecule has 0 amide bonds. The Morgan fingerprint density at radius 2 is 2.11 bits per heavy atom. The SMILES string of the molecule is O=C(O)c1ccc2c(Sc3ncn[nH]3)ncnc2c1. The van der Waals surface area contributed by atoms with Crippen LogP contribution >= 0.6 is 11.8 Å². The van der Waals surface area contributed by atoms with E-state index in [1.165, 1.54) is 36.5 Å². The highest BCUT2D eigenvalue weighted by molar-refractivity contribution is 7.99. The summed E-state index contributed by atoms with van der Waals surface area (Å²) in [7, 11) is 0. The minimum absolute atomic E-state index is 0.196. The smallest absolute Gasteiger partial charge is 0.335 e. The lowest BCUT2D eigenvalue weighted by Gasteiger charge is -2.03. The predicted molar refractivity (Wildman–Crippen MR) is 67.0 cm³/mol. The Balaban J connectivity index is 2.08. The minimum atomic E-state index is -0.982. The number of H-pyrrole nitrogens is 1. The summed E-state index contributed by atoms with van der Waals surface area (Å²) in [4.78, 5) is 23.2. The Labute approximate surface area is 111 Å². The first-order valence-corrected chi connectivity index (χ1v) is 6.07. The second-order valence-electron chi connectivity index (χ2n) is 3.61. The highest BCUT2D eigenvalue weighted by Gasteiger charge is 2.10. The Morgan fingerprint density at radius 3 is 2.84 bits per heavy atom. The van der Waals surface area contributed by atoms with Gasteiger partial charge in [-0.1, -0.05) is 0 Å². The highest BCUT2D eigenvalue weighted by atomic mass is 32.2. The van der Waals surface area contributed by atoms with Gasteiger partial charge in [-0.15, -0.1) is 0 Å². The molecule has 3 rings (SSSR count). The maximum absolute atomic E-state index is 10.9. The Morgan fingerprint density at radius 1 is 1.21 bits per heavy atom. The van der Waals surface area contributed by atoms with Gasteiger partial charge in [0.25, 0.3) is 0 Å². The molecule has 0 fully saturated rings. The summed E-state index contributed by atoms with van der Waals surface area (Å²) in [6.45, 7) is 0. The number of benzene rings is 1. The van der Waals surface area contributed by atoms with Crippen LogP contribution in [0.1, 0.15) is 10.4 Å². The van der Waals surface area contributed by atoms with E-state index in [0.29, 0.717) is 15.7 Å². The van der Waals surface area contributed by atoms with Crippen molar-refractivity contribution in [3.63, 3.8) is 0 Å². The lowest BCUT2D eigenvalue weighted by molar-refractivity contribution is 0.0697. The number of nitrogens with one attached hydrogen (secondary N) is 1. The summed E-state index contributed by atoms with van der Waals surface area (Å²) in [6, 6.07) is 4.74. The molecule has 94 valence electrons. The van der Waals surface area contributed by atoms with E-state index in [-0.39, 0.29) is 5.56 Å². The van der Waals surface area contributed by atoms with Crippen LogP contribution in [-0.2, 0) is 0 Å². The molecule has 2 heterocycles. The molecule has 3 aromatic rings. The zero-order chi connectivity index (χ0) is 13.2. The summed E-state index contributed by atoms with van der Waals surface area (Å²) in [5.41, 5.74) is 0.777. The predicted octanol–water partition coefficient (Wildman–Crippen LogP) is 1.60. The van der Waals surface area contributed by atoms with E-state index in [9.17, 15) is 4.79 Å². The number of hydrogen-bond donors (Lipinski definition) is 2. The fourth-order valence-electron chi connectivity index (χ4n) is 1.58. The molecule has 2 N–H and O–H groups in total. The number of hydrogen-bond acceptors (Lipinski definition) is 6. The summed E-state index contributed by atoms with van der Waals surface area (Å²) < 4.78 is 0. The highest BCUT2D eigenvalue weighted by Crippen LogP contribution is 2.28. The molecule has 0 bridgehead atoms. The molecule has 7 nitrogen and oxygen atoms in total. The van der Waals surface area contributed by atoms with E-state index in [2.05, 4.69) is 25.1 Å². The van der Waals surface area contributed by atoms with Gasteiger partial charge < -0.3 is 5.11 Å². The first-order valence-electron chi connectivity index (χ1n) is 5.25. The maximum atomic E-state index is 10.9. The van der Waals surface area contributed by atoms with Gasteiger partial charge in [0.05, 0.1) is 11.1 Å². The molecule has 0 atom stereocenters. The molecule has 0 unspecified atom stereocenters. The lowest BCUT2D eigenvalue weighted by atomic mass is 10.1. The first-order chi connectivity index (χ1) is 9.24. The van der Waals surface area contributed by atoms with E-state index >= 15 is 0 Å². The van der Waals surface area contributed by atoms with Crippen LogP contribution in [0.15, 0.2) is 41.0 Å². The number of rotatable bonds is 3. The van der Waals surface area contributed by atoms with E-state index in [1.54, 1.807) is 6.07 Å². The van der Waals surface area contributed by atoms with Crippen LogP contribution in [0.2, 0.25) is 0 Å². The van der Waals surface area contributed by atoms with Crippen molar-refractivity contribution in [3.05, 3.63) is 36.4 Å². The van der Waals surface area contributed by atoms with E-state index in [1.807, 2.05) is 0 Å². The van der Waals surface area contributed by atoms with Crippen LogP contribution in [0.4, 0.5) is 0 Å². The van der Waals surface area contributed by atoms with Crippen LogP contribution in [0.3, 0.4) is 0 Å². The summed E-state index contributed by atoms with van der Waals surface area (Å²) in [5, 5.41) is 17.5. The first kappa shape index (κ1) is 11.6. The Hall–Kier alpha value is -2.48. The van der Waals surface area contributed by atoms with Crippen molar-refractivity contribution in [1.29, 1.82) is 0 Å². The average molecular weight is 273 g/mol. The minimum Gasteiger partial charge on any atom is -0.478 e. The number of carboxylic acids is 1. The standard InChI is InChI=1S/C11H7N5O2S/c17-10(18)6-1-2-7-8(3-6)12-4-13-9(7)19-11-14-5-15-16-11/h1-5H,(H,17,18)(H,14,15,16). The third kappa shape index (κ3) is 2.25. The third-order valence-corrected chi connectivity index (χ3v) is 3.34. The van der Waals surface area contributed by atoms with Crippen LogP contribution < -0.4 is 0 Å². The van der Waals surface area contributed by atoms with Gasteiger partial charge in [-0.2, -0.15) is 5.10 Å². The van der Waals surface area contributed by atoms with E-state index in [4.69, 9.17) is 5.11 Å². The van der Waals surface area contributed by atoms with E-state index in [0.717, 1.165) is 5.39 Å². The maximum Gasteiger partial charge on any atom is 0.335 e. The molecule has 1 aromatic carbocycles. The van der Waals surface area contributed by atoms with Crippen molar-refractivity contribution in [2.24, 2.45) is 0 Å². The fraction of sp³-hybridized carbons (Fsp3) is 0. The molecule has 0 spiro atoms. The number of nitrogens with zero attached hydrogens (tertiary/aromatic N) is 4. The molecule has 8 heteroatoms. The Bertz CT molecular complexity index is 744. The van der Waals surface area contributed by atoms with Crippen molar-refractivity contribution in [1.82, 2.24) is 25.1 Å². The second kappa shape index (κ2) is 4.65. The van der Waals surface area contributed by atoms with Gasteiger partial charge in [0.1, 0.15) is 17.7 Å². The average Bonchev–Trinajstić information content (AvgIpc) is 2.91. The molecular weight excluding hydrogens is 266 g/mol. The number of carbonyl (C=O) groups is 1. The normalized spacial score (nSPS) is 10.7. The molecule has 0 aliphatic rings. The third-order valence-electron chi connectivity index (χ3n) is 2.43. The number of fused-ring (bicyclic) bond motifs is 1. The molecule has 0 aliphatic heterocycles. The number of aromatic amines is 1. The zero-order valence-electron chi connectivity index (χ0n) is 9.44. The number of aromatic carboxylic acids is 1. The van der Waals surface area contributed by atoms with Crippen LogP contribution in [0, 0.1) is 0 Å². The van der Waals surface area contributed by atoms with Gasteiger partial charge in [0.15, 0.2) is 5.16 Å². The summed E-state index contributed by atoms with van der Waals surface area (Å²) in [5.74, 6) is -0.982. The van der Waals surface area contributed by atoms with Gasteiger partial charge >= 0.3 is 5.97 Å². The van der Waals surface area contributed by atoms with Gasteiger partial charge in [0, 0.05) is 5.39 Å². The molecule has 0 radical (unpaired) electrons. The van der Waals surface area contributed by atoms with Gasteiger partial charge in [-0.3, -0.25) is 5.10 Å². The summed E-state index contributed by atoms with van der Waals surface area (Å²) >= 11 is 1.31. The summed E-state index contributed by atoms with van der Waals surface area (Å²) in [6.07, 6.45) is 2.81. The monoisotopic (exact) mass is 273 g/mol. The molecule has 2 aromatic heterocycles. The van der Waals surface area contributed by atoms with Crippen molar-refractivity contribution in [3.8, 4) is 0 Å². The van der Waals surface area contributed by atoms with Gasteiger partial charge in [0.2, 0.25) is 0 Å². The molecule has 0 saturated carbocycles. The van der Waals surface area contributed by atoms with Gasteiger partial charge in [-0.25, -0.2) is 19.7 Å². The second-order valence-corrected chi connectivity index (χ2v) is 4.59. The van der Waals surface area contributed by atoms with Crippen molar-refractivity contribution < 1.29 is 9.90 Å². The molecular formula is C11H7N5O2S. The zero-order valence-corrected chi connectivity index (χ0v) is 10.3. The molecule has 0 aliphatic carbocycles. The molecule has 0 saturated heterocycles. The van der Waals surface area contributed by atoms with Crippen molar-refractivity contribution in [2.75, 3.05) is 0 Å². The molecule has 19 heavy (non-hydrogen) atoms. The number of aromatic nitrogens is 5. The van der Waals surface area contributed by atoms with Crippen LogP contribution in [0.5, 0.6) is 0 Å². The lowest BCUT2D eigenvalue weighted by Crippen LogP contribution is -1.97. The largest absolute Gasteiger partial charge is 0.478 e. The topological polar surface area (TPSA) is 105 Å². The van der Waals surface area contributed by atoms with Crippen LogP contribution in [0.25, 0.3) is 10.9 Å². The van der Waals surface area contributed by atoms with Gasteiger partial charge in [-0.05, 0) is 30.0 Å². The fourth-order valence-corrected chi connectivity index (χ4v) is 2.35. The van der Waals surface area contributed by atoms with E-state index < -0.39 is 5.97 Å². The van der Waals surface area contributed by atoms with Crippen molar-refractivity contribution in [2.45, 2.75) is 10.2 Å². The number of carboxylic acid groups (broad SMARTS) is 1. The van der Waals surface area contributed by atoms with Crippen molar-refractivity contribution >= 4 is 28.6 Å². The Kier molecular flexibility index (Phi) is 2.84.